The largest absolute Gasteiger partial charge is 0.366 e. The van der Waals surface area contributed by atoms with Crippen molar-refractivity contribution in [2.24, 2.45) is 5.73 Å². The molecule has 3 N–H and O–H groups in total. The Labute approximate surface area is 96.4 Å². The Morgan fingerprint density at radius 2 is 2.27 bits per heavy atom. The summed E-state index contributed by atoms with van der Waals surface area (Å²) >= 11 is 6.73. The number of hydrogen-bond acceptors (Lipinski definition) is 3. The Morgan fingerprint density at radius 3 is 2.87 bits per heavy atom. The molecule has 0 bridgehead atoms. The van der Waals surface area contributed by atoms with Gasteiger partial charge in [-0.2, -0.15) is 0 Å². The van der Waals surface area contributed by atoms with Crippen LogP contribution in [0.5, 0.6) is 0 Å². The summed E-state index contributed by atoms with van der Waals surface area (Å²) in [7, 11) is 0. The zero-order chi connectivity index (χ0) is 11.3. The molecule has 0 unspecified atom stereocenters. The molecule has 0 spiro atoms. The van der Waals surface area contributed by atoms with Crippen LogP contribution in [-0.2, 0) is 4.79 Å². The Morgan fingerprint density at radius 1 is 1.53 bits per heavy atom. The number of rotatable bonds is 5. The number of halogens is 1. The van der Waals surface area contributed by atoms with Gasteiger partial charge in [-0.3, -0.25) is 9.59 Å². The number of anilines is 1. The van der Waals surface area contributed by atoms with Crippen molar-refractivity contribution in [1.82, 2.24) is 0 Å². The molecule has 0 aliphatic rings. The van der Waals surface area contributed by atoms with Crippen LogP contribution in [0.25, 0.3) is 0 Å². The Kier molecular flexibility index (Phi) is 4.58. The lowest BCUT2D eigenvalue weighted by Crippen LogP contribution is -2.16. The van der Waals surface area contributed by atoms with E-state index in [1.165, 1.54) is 11.3 Å². The topological polar surface area (TPSA) is 72.2 Å². The van der Waals surface area contributed by atoms with Gasteiger partial charge in [0.1, 0.15) is 5.00 Å². The quantitative estimate of drug-likeness (QED) is 0.778. The fourth-order valence-corrected chi connectivity index (χ4v) is 1.96. The Bertz CT molecular complexity index is 365. The van der Waals surface area contributed by atoms with Gasteiger partial charge in [-0.25, -0.2) is 0 Å². The van der Waals surface area contributed by atoms with Crippen molar-refractivity contribution in [3.63, 3.8) is 0 Å². The van der Waals surface area contributed by atoms with E-state index in [-0.39, 0.29) is 5.91 Å². The van der Waals surface area contributed by atoms with Crippen molar-refractivity contribution in [2.75, 3.05) is 11.2 Å². The lowest BCUT2D eigenvalue weighted by atomic mass is 10.3. The maximum atomic E-state index is 11.3. The second kappa shape index (κ2) is 5.72. The second-order valence-electron chi connectivity index (χ2n) is 2.87. The SMILES string of the molecule is NC(=O)c1ccsc1NC(=O)CCCCl. The first-order valence-corrected chi connectivity index (χ1v) is 5.79. The Hall–Kier alpha value is -1.07. The van der Waals surface area contributed by atoms with Crippen LogP contribution >= 0.6 is 22.9 Å². The molecule has 0 aromatic carbocycles. The first-order valence-electron chi connectivity index (χ1n) is 4.38. The molecule has 0 radical (unpaired) electrons. The number of hydrogen-bond donors (Lipinski definition) is 2. The highest BCUT2D eigenvalue weighted by Crippen LogP contribution is 2.22. The van der Waals surface area contributed by atoms with Gasteiger partial charge < -0.3 is 11.1 Å². The van der Waals surface area contributed by atoms with E-state index in [1.807, 2.05) is 0 Å². The number of alkyl halides is 1. The van der Waals surface area contributed by atoms with E-state index in [1.54, 1.807) is 11.4 Å². The van der Waals surface area contributed by atoms with E-state index < -0.39 is 5.91 Å². The number of carbonyl (C=O) groups is 2. The van der Waals surface area contributed by atoms with Gasteiger partial charge in [-0.05, 0) is 17.9 Å². The molecule has 0 fully saturated rings. The minimum absolute atomic E-state index is 0.152. The Balaban J connectivity index is 2.60. The molecule has 0 saturated heterocycles. The summed E-state index contributed by atoms with van der Waals surface area (Å²) in [5, 5.41) is 4.83. The first kappa shape index (κ1) is 12.0. The molecule has 0 aliphatic heterocycles. The van der Waals surface area contributed by atoms with Crippen molar-refractivity contribution in [3.05, 3.63) is 17.0 Å². The zero-order valence-electron chi connectivity index (χ0n) is 7.96. The number of carbonyl (C=O) groups excluding carboxylic acids is 2. The van der Waals surface area contributed by atoms with Crippen molar-refractivity contribution < 1.29 is 9.59 Å². The molecule has 0 aliphatic carbocycles. The van der Waals surface area contributed by atoms with Crippen molar-refractivity contribution >= 4 is 39.8 Å². The molecule has 0 saturated carbocycles. The molecule has 0 atom stereocenters. The number of amides is 2. The van der Waals surface area contributed by atoms with Gasteiger partial charge in [-0.15, -0.1) is 22.9 Å². The van der Waals surface area contributed by atoms with Gasteiger partial charge in [0, 0.05) is 12.3 Å². The molecular formula is C9H11ClN2O2S. The second-order valence-corrected chi connectivity index (χ2v) is 4.16. The predicted molar refractivity (Wildman–Crippen MR) is 61.4 cm³/mol. The van der Waals surface area contributed by atoms with Crippen LogP contribution in [0.3, 0.4) is 0 Å². The van der Waals surface area contributed by atoms with E-state index in [0.29, 0.717) is 29.3 Å². The standard InChI is InChI=1S/C9H11ClN2O2S/c10-4-1-2-7(13)12-9-6(8(11)14)3-5-15-9/h3,5H,1-2,4H2,(H2,11,14)(H,12,13). The summed E-state index contributed by atoms with van der Waals surface area (Å²) in [4.78, 5) is 22.3. The van der Waals surface area contributed by atoms with Crippen molar-refractivity contribution in [1.29, 1.82) is 0 Å². The van der Waals surface area contributed by atoms with Crippen LogP contribution in [0.4, 0.5) is 5.00 Å². The highest BCUT2D eigenvalue weighted by molar-refractivity contribution is 7.14. The molecule has 6 heteroatoms. The summed E-state index contributed by atoms with van der Waals surface area (Å²) in [6.45, 7) is 0. The average molecular weight is 247 g/mol. The predicted octanol–water partition coefficient (Wildman–Crippen LogP) is 1.80. The highest BCUT2D eigenvalue weighted by Gasteiger charge is 2.11. The summed E-state index contributed by atoms with van der Waals surface area (Å²) in [6, 6.07) is 1.59. The minimum atomic E-state index is -0.538. The lowest BCUT2D eigenvalue weighted by Gasteiger charge is -2.03. The van der Waals surface area contributed by atoms with E-state index in [9.17, 15) is 9.59 Å². The van der Waals surface area contributed by atoms with Gasteiger partial charge >= 0.3 is 0 Å². The summed E-state index contributed by atoms with van der Waals surface area (Å²) in [5.41, 5.74) is 5.48. The van der Waals surface area contributed by atoms with E-state index in [2.05, 4.69) is 5.32 Å². The average Bonchev–Trinajstić information content (AvgIpc) is 2.62. The van der Waals surface area contributed by atoms with Crippen LogP contribution < -0.4 is 11.1 Å². The monoisotopic (exact) mass is 246 g/mol. The smallest absolute Gasteiger partial charge is 0.251 e. The maximum Gasteiger partial charge on any atom is 0.251 e. The zero-order valence-corrected chi connectivity index (χ0v) is 9.53. The van der Waals surface area contributed by atoms with E-state index in [0.717, 1.165) is 0 Å². The molecule has 15 heavy (non-hydrogen) atoms. The normalized spacial score (nSPS) is 9.93. The third kappa shape index (κ3) is 3.53. The number of nitrogens with two attached hydrogens (primary N) is 1. The number of thiophene rings is 1. The third-order valence-corrected chi connectivity index (χ3v) is 2.82. The molecule has 1 heterocycles. The maximum absolute atomic E-state index is 11.3. The molecule has 1 rings (SSSR count). The highest BCUT2D eigenvalue weighted by atomic mass is 35.5. The van der Waals surface area contributed by atoms with Crippen LogP contribution in [0, 0.1) is 0 Å². The first-order chi connectivity index (χ1) is 7.15. The van der Waals surface area contributed by atoms with Gasteiger partial charge in [0.05, 0.1) is 5.56 Å². The van der Waals surface area contributed by atoms with Crippen LogP contribution in [-0.4, -0.2) is 17.7 Å². The summed E-state index contributed by atoms with van der Waals surface area (Å²) in [6.07, 6.45) is 0.963. The fraction of sp³-hybridized carbons (Fsp3) is 0.333. The van der Waals surface area contributed by atoms with Gasteiger partial charge in [-0.1, -0.05) is 0 Å². The minimum Gasteiger partial charge on any atom is -0.366 e. The lowest BCUT2D eigenvalue weighted by molar-refractivity contribution is -0.116. The third-order valence-electron chi connectivity index (χ3n) is 1.72. The number of nitrogens with one attached hydrogen (secondary N) is 1. The van der Waals surface area contributed by atoms with Gasteiger partial charge in [0.15, 0.2) is 0 Å². The fourth-order valence-electron chi connectivity index (χ4n) is 1.02. The molecular weight excluding hydrogens is 236 g/mol. The van der Waals surface area contributed by atoms with Crippen LogP contribution in [0.2, 0.25) is 0 Å². The van der Waals surface area contributed by atoms with Gasteiger partial charge in [0.2, 0.25) is 5.91 Å². The van der Waals surface area contributed by atoms with Crippen LogP contribution in [0.15, 0.2) is 11.4 Å². The molecule has 2 amide bonds. The molecule has 1 aromatic rings. The molecule has 1 aromatic heterocycles. The molecule has 82 valence electrons. The van der Waals surface area contributed by atoms with E-state index in [4.69, 9.17) is 17.3 Å². The van der Waals surface area contributed by atoms with E-state index >= 15 is 0 Å². The molecule has 4 nitrogen and oxygen atoms in total. The number of primary amides is 1. The summed E-state index contributed by atoms with van der Waals surface area (Å²) < 4.78 is 0. The van der Waals surface area contributed by atoms with Crippen LogP contribution in [0.1, 0.15) is 23.2 Å². The van der Waals surface area contributed by atoms with Gasteiger partial charge in [0.25, 0.3) is 5.91 Å². The van der Waals surface area contributed by atoms with Crippen molar-refractivity contribution in [2.45, 2.75) is 12.8 Å². The summed E-state index contributed by atoms with van der Waals surface area (Å²) in [5.74, 6) is -0.245. The van der Waals surface area contributed by atoms with Crippen molar-refractivity contribution in [3.8, 4) is 0 Å².